The van der Waals surface area contributed by atoms with Crippen molar-refractivity contribution >= 4 is 5.91 Å². The van der Waals surface area contributed by atoms with E-state index in [1.165, 1.54) is 5.56 Å². The van der Waals surface area contributed by atoms with Gasteiger partial charge in [-0.1, -0.05) is 42.5 Å². The van der Waals surface area contributed by atoms with Gasteiger partial charge in [-0.3, -0.25) is 4.79 Å². The van der Waals surface area contributed by atoms with Crippen molar-refractivity contribution in [3.05, 3.63) is 96.2 Å². The Kier molecular flexibility index (Phi) is 7.20. The second-order valence-electron chi connectivity index (χ2n) is 7.93. The van der Waals surface area contributed by atoms with Crippen molar-refractivity contribution < 1.29 is 13.9 Å². The van der Waals surface area contributed by atoms with Crippen LogP contribution in [0.4, 0.5) is 0 Å². The van der Waals surface area contributed by atoms with Crippen LogP contribution in [0.25, 0.3) is 22.8 Å². The first kappa shape index (κ1) is 22.3. The van der Waals surface area contributed by atoms with Crippen LogP contribution in [0.3, 0.4) is 0 Å². The molecule has 33 heavy (non-hydrogen) atoms. The van der Waals surface area contributed by atoms with Gasteiger partial charge < -0.3 is 14.5 Å². The lowest BCUT2D eigenvalue weighted by molar-refractivity contribution is 0.0939. The monoisotopic (exact) mass is 440 g/mol. The molecular weight excluding hydrogens is 412 g/mol. The topological polar surface area (TPSA) is 64.4 Å². The van der Waals surface area contributed by atoms with Crippen molar-refractivity contribution in [3.63, 3.8) is 0 Å². The van der Waals surface area contributed by atoms with Crippen molar-refractivity contribution in [3.8, 4) is 28.5 Å². The summed E-state index contributed by atoms with van der Waals surface area (Å²) in [5.74, 6) is 1.73. The molecule has 0 aliphatic carbocycles. The quantitative estimate of drug-likeness (QED) is 0.339. The third-order valence-electron chi connectivity index (χ3n) is 5.44. The highest BCUT2D eigenvalue weighted by Gasteiger charge is 2.18. The van der Waals surface area contributed by atoms with Crippen LogP contribution in [0.15, 0.2) is 89.5 Å². The zero-order valence-corrected chi connectivity index (χ0v) is 19.0. The molecular formula is C28H28N2O3. The van der Waals surface area contributed by atoms with Gasteiger partial charge in [0.25, 0.3) is 5.91 Å². The Hall–Kier alpha value is -3.86. The Morgan fingerprint density at radius 1 is 1.00 bits per heavy atom. The third-order valence-corrected chi connectivity index (χ3v) is 5.44. The number of aryl methyl sites for hydroxylation is 1. The highest BCUT2D eigenvalue weighted by molar-refractivity contribution is 6.00. The summed E-state index contributed by atoms with van der Waals surface area (Å²) >= 11 is 0. The van der Waals surface area contributed by atoms with Crippen LogP contribution in [-0.4, -0.2) is 23.5 Å². The average molecular weight is 441 g/mol. The van der Waals surface area contributed by atoms with E-state index in [9.17, 15) is 4.79 Å². The maximum Gasteiger partial charge on any atom is 0.252 e. The highest BCUT2D eigenvalue weighted by atomic mass is 16.5. The Balaban J connectivity index is 1.46. The van der Waals surface area contributed by atoms with Crippen LogP contribution in [0.1, 0.15) is 36.2 Å². The molecule has 0 saturated carbocycles. The predicted octanol–water partition coefficient (Wildman–Crippen LogP) is 6.16. The smallest absolute Gasteiger partial charge is 0.252 e. The van der Waals surface area contributed by atoms with Crippen LogP contribution in [0.2, 0.25) is 0 Å². The number of oxazole rings is 1. The van der Waals surface area contributed by atoms with Crippen molar-refractivity contribution in [1.29, 1.82) is 0 Å². The summed E-state index contributed by atoms with van der Waals surface area (Å²) in [4.78, 5) is 17.5. The van der Waals surface area contributed by atoms with Crippen LogP contribution < -0.4 is 10.1 Å². The molecule has 1 amide bonds. The summed E-state index contributed by atoms with van der Waals surface area (Å²) in [5.41, 5.74) is 3.38. The molecule has 0 saturated heterocycles. The lowest BCUT2D eigenvalue weighted by Crippen LogP contribution is -2.33. The Morgan fingerprint density at radius 3 is 2.48 bits per heavy atom. The van der Waals surface area contributed by atoms with Gasteiger partial charge in [0, 0.05) is 17.2 Å². The van der Waals surface area contributed by atoms with E-state index in [2.05, 4.69) is 22.4 Å². The molecule has 0 fully saturated rings. The van der Waals surface area contributed by atoms with Gasteiger partial charge in [-0.05, 0) is 68.7 Å². The fraction of sp³-hybridized carbons (Fsp3) is 0.214. The van der Waals surface area contributed by atoms with E-state index in [1.54, 1.807) is 12.3 Å². The summed E-state index contributed by atoms with van der Waals surface area (Å²) < 4.78 is 11.5. The molecule has 4 aromatic rings. The molecule has 0 spiro atoms. The lowest BCUT2D eigenvalue weighted by Gasteiger charge is -2.15. The molecule has 0 aliphatic heterocycles. The van der Waals surface area contributed by atoms with Crippen molar-refractivity contribution in [1.82, 2.24) is 10.3 Å². The number of aromatic nitrogens is 1. The van der Waals surface area contributed by atoms with Gasteiger partial charge in [0.15, 0.2) is 5.76 Å². The number of carbonyl (C=O) groups excluding carboxylic acids is 1. The summed E-state index contributed by atoms with van der Waals surface area (Å²) in [6.45, 7) is 4.60. The fourth-order valence-electron chi connectivity index (χ4n) is 3.68. The molecule has 1 atom stereocenters. The number of hydrogen-bond donors (Lipinski definition) is 1. The summed E-state index contributed by atoms with van der Waals surface area (Å²) in [7, 11) is 0. The molecule has 5 nitrogen and oxygen atoms in total. The van der Waals surface area contributed by atoms with Gasteiger partial charge in [-0.2, -0.15) is 0 Å². The zero-order chi connectivity index (χ0) is 23.0. The Labute approximate surface area is 194 Å². The standard InChI is InChI=1S/C28H28N2O3/c1-3-32-23-17-15-22(16-18-23)26-19-29-28(33-26)25-12-8-7-11-24(25)27(31)30-20(2)13-14-21-9-5-4-6-10-21/h4-12,15-20H,3,13-14H2,1-2H3,(H,30,31)/t20-/m1/s1. The molecule has 1 N–H and O–H groups in total. The minimum absolute atomic E-state index is 0.0368. The van der Waals surface area contributed by atoms with Crippen LogP contribution in [-0.2, 0) is 6.42 Å². The van der Waals surface area contributed by atoms with E-state index in [4.69, 9.17) is 9.15 Å². The van der Waals surface area contributed by atoms with Gasteiger partial charge in [-0.15, -0.1) is 0 Å². The second-order valence-corrected chi connectivity index (χ2v) is 7.93. The van der Waals surface area contributed by atoms with E-state index < -0.39 is 0 Å². The number of hydrogen-bond acceptors (Lipinski definition) is 4. The third kappa shape index (κ3) is 5.69. The molecule has 4 rings (SSSR count). The normalized spacial score (nSPS) is 11.7. The van der Waals surface area contributed by atoms with Crippen molar-refractivity contribution in [2.24, 2.45) is 0 Å². The SMILES string of the molecule is CCOc1ccc(-c2cnc(-c3ccccc3C(=O)N[C@H](C)CCc3ccccc3)o2)cc1. The predicted molar refractivity (Wildman–Crippen MR) is 130 cm³/mol. The number of nitrogens with one attached hydrogen (secondary N) is 1. The molecule has 3 aromatic carbocycles. The van der Waals surface area contributed by atoms with Gasteiger partial charge in [0.05, 0.1) is 18.4 Å². The van der Waals surface area contributed by atoms with Gasteiger partial charge >= 0.3 is 0 Å². The van der Waals surface area contributed by atoms with Gasteiger partial charge in [0.2, 0.25) is 5.89 Å². The number of amides is 1. The largest absolute Gasteiger partial charge is 0.494 e. The first-order valence-corrected chi connectivity index (χ1v) is 11.3. The lowest BCUT2D eigenvalue weighted by atomic mass is 10.0. The summed E-state index contributed by atoms with van der Waals surface area (Å²) in [6, 6.07) is 25.4. The summed E-state index contributed by atoms with van der Waals surface area (Å²) in [6.07, 6.45) is 3.45. The van der Waals surface area contributed by atoms with Crippen LogP contribution in [0.5, 0.6) is 5.75 Å². The molecule has 5 heteroatoms. The highest BCUT2D eigenvalue weighted by Crippen LogP contribution is 2.29. The first-order valence-electron chi connectivity index (χ1n) is 11.3. The number of benzene rings is 3. The number of carbonyl (C=O) groups is 1. The van der Waals surface area contributed by atoms with E-state index in [1.807, 2.05) is 74.5 Å². The molecule has 168 valence electrons. The molecule has 0 aliphatic rings. The molecule has 0 radical (unpaired) electrons. The minimum Gasteiger partial charge on any atom is -0.494 e. The van der Waals surface area contributed by atoms with Crippen molar-refractivity contribution in [2.45, 2.75) is 32.7 Å². The van der Waals surface area contributed by atoms with E-state index in [0.29, 0.717) is 29.4 Å². The molecule has 0 unspecified atom stereocenters. The summed E-state index contributed by atoms with van der Waals surface area (Å²) in [5, 5.41) is 3.11. The van der Waals surface area contributed by atoms with E-state index in [0.717, 1.165) is 24.2 Å². The maximum atomic E-state index is 13.0. The van der Waals surface area contributed by atoms with Crippen molar-refractivity contribution in [2.75, 3.05) is 6.61 Å². The maximum absolute atomic E-state index is 13.0. The minimum atomic E-state index is -0.132. The second kappa shape index (κ2) is 10.6. The Morgan fingerprint density at radius 2 is 1.73 bits per heavy atom. The Bertz CT molecular complexity index is 1180. The first-order chi connectivity index (χ1) is 16.1. The molecule has 1 heterocycles. The van der Waals surface area contributed by atoms with Crippen LogP contribution >= 0.6 is 0 Å². The molecule has 1 aromatic heterocycles. The van der Waals surface area contributed by atoms with Crippen LogP contribution in [0, 0.1) is 0 Å². The number of ether oxygens (including phenoxy) is 1. The molecule has 0 bridgehead atoms. The number of nitrogens with zero attached hydrogens (tertiary/aromatic N) is 1. The van der Waals surface area contributed by atoms with E-state index >= 15 is 0 Å². The van der Waals surface area contributed by atoms with E-state index in [-0.39, 0.29) is 11.9 Å². The average Bonchev–Trinajstić information content (AvgIpc) is 3.34. The van der Waals surface area contributed by atoms with Gasteiger partial charge in [-0.25, -0.2) is 4.98 Å². The fourth-order valence-corrected chi connectivity index (χ4v) is 3.68. The zero-order valence-electron chi connectivity index (χ0n) is 19.0. The number of rotatable bonds is 9. The van der Waals surface area contributed by atoms with Gasteiger partial charge in [0.1, 0.15) is 5.75 Å².